The Hall–Kier alpha value is -0.640. The standard InChI is InChI=1S/C18H24BrNS/c1-5-11-20-16(17-15(19)10-12-21-17)13-8-6-7-9-14(13)18(2,3)4/h6-10,12,16,20H,5,11H2,1-4H3. The molecule has 0 aliphatic rings. The van der Waals surface area contributed by atoms with E-state index in [0.29, 0.717) is 0 Å². The maximum absolute atomic E-state index is 3.72. The number of benzene rings is 1. The third-order valence-electron chi connectivity index (χ3n) is 3.59. The quantitative estimate of drug-likeness (QED) is 0.695. The minimum atomic E-state index is 0.145. The maximum atomic E-state index is 3.72. The van der Waals surface area contributed by atoms with E-state index in [1.54, 1.807) is 0 Å². The van der Waals surface area contributed by atoms with E-state index in [-0.39, 0.29) is 11.5 Å². The molecule has 1 aromatic heterocycles. The van der Waals surface area contributed by atoms with Crippen molar-refractivity contribution >= 4 is 27.3 Å². The van der Waals surface area contributed by atoms with Crippen LogP contribution in [0.3, 0.4) is 0 Å². The van der Waals surface area contributed by atoms with E-state index in [1.165, 1.54) is 20.5 Å². The molecule has 0 bridgehead atoms. The van der Waals surface area contributed by atoms with Gasteiger partial charge in [0.05, 0.1) is 6.04 Å². The third-order valence-corrected chi connectivity index (χ3v) is 5.52. The fraction of sp³-hybridized carbons (Fsp3) is 0.444. The molecule has 1 N–H and O–H groups in total. The van der Waals surface area contributed by atoms with E-state index in [9.17, 15) is 0 Å². The lowest BCUT2D eigenvalue weighted by atomic mass is 9.81. The molecule has 2 aromatic rings. The van der Waals surface area contributed by atoms with Crippen molar-refractivity contribution in [1.29, 1.82) is 0 Å². The maximum Gasteiger partial charge on any atom is 0.0685 e. The lowest BCUT2D eigenvalue weighted by Gasteiger charge is -2.28. The van der Waals surface area contributed by atoms with Crippen LogP contribution >= 0.6 is 27.3 Å². The van der Waals surface area contributed by atoms with Crippen molar-refractivity contribution in [3.63, 3.8) is 0 Å². The fourth-order valence-electron chi connectivity index (χ4n) is 2.58. The molecule has 0 aliphatic carbocycles. The predicted octanol–water partition coefficient (Wildman–Crippen LogP) is 5.90. The average Bonchev–Trinajstić information content (AvgIpc) is 2.85. The van der Waals surface area contributed by atoms with Gasteiger partial charge in [-0.2, -0.15) is 0 Å². The molecule has 1 unspecified atom stereocenters. The van der Waals surface area contributed by atoms with Crippen LogP contribution in [0, 0.1) is 0 Å². The lowest BCUT2D eigenvalue weighted by Crippen LogP contribution is -2.26. The van der Waals surface area contributed by atoms with Crippen LogP contribution in [0.4, 0.5) is 0 Å². The number of hydrogen-bond acceptors (Lipinski definition) is 2. The minimum absolute atomic E-state index is 0.145. The van der Waals surface area contributed by atoms with Crippen LogP contribution in [-0.2, 0) is 5.41 Å². The Balaban J connectivity index is 2.50. The molecule has 2 rings (SSSR count). The van der Waals surface area contributed by atoms with Gasteiger partial charge in [0.2, 0.25) is 0 Å². The molecule has 1 heterocycles. The summed E-state index contributed by atoms with van der Waals surface area (Å²) in [4.78, 5) is 1.36. The van der Waals surface area contributed by atoms with Crippen LogP contribution < -0.4 is 5.32 Å². The first-order chi connectivity index (χ1) is 9.95. The molecule has 21 heavy (non-hydrogen) atoms. The summed E-state index contributed by atoms with van der Waals surface area (Å²) in [5.74, 6) is 0. The summed E-state index contributed by atoms with van der Waals surface area (Å²) < 4.78 is 1.20. The molecule has 0 aliphatic heterocycles. The Morgan fingerprint density at radius 1 is 1.19 bits per heavy atom. The number of rotatable bonds is 5. The lowest BCUT2D eigenvalue weighted by molar-refractivity contribution is 0.551. The Kier molecular flexibility index (Phi) is 5.64. The van der Waals surface area contributed by atoms with E-state index >= 15 is 0 Å². The fourth-order valence-corrected chi connectivity index (χ4v) is 4.27. The van der Waals surface area contributed by atoms with Gasteiger partial charge in [-0.1, -0.05) is 52.0 Å². The SMILES string of the molecule is CCCNC(c1ccccc1C(C)(C)C)c1sccc1Br. The van der Waals surface area contributed by atoms with Crippen molar-refractivity contribution < 1.29 is 0 Å². The van der Waals surface area contributed by atoms with Gasteiger partial charge in [-0.15, -0.1) is 11.3 Å². The Morgan fingerprint density at radius 3 is 2.48 bits per heavy atom. The van der Waals surface area contributed by atoms with Crippen LogP contribution in [0.15, 0.2) is 40.2 Å². The number of halogens is 1. The molecule has 1 atom stereocenters. The summed E-state index contributed by atoms with van der Waals surface area (Å²) in [5.41, 5.74) is 2.95. The monoisotopic (exact) mass is 365 g/mol. The van der Waals surface area contributed by atoms with E-state index in [0.717, 1.165) is 13.0 Å². The van der Waals surface area contributed by atoms with Gasteiger partial charge in [-0.05, 0) is 56.9 Å². The molecular formula is C18H24BrNS. The van der Waals surface area contributed by atoms with Crippen molar-refractivity contribution in [3.05, 3.63) is 56.2 Å². The van der Waals surface area contributed by atoms with E-state index < -0.39 is 0 Å². The molecular weight excluding hydrogens is 342 g/mol. The summed E-state index contributed by atoms with van der Waals surface area (Å²) in [6.07, 6.45) is 1.14. The second-order valence-electron chi connectivity index (χ2n) is 6.36. The van der Waals surface area contributed by atoms with Gasteiger partial charge in [0.25, 0.3) is 0 Å². The molecule has 0 saturated heterocycles. The van der Waals surface area contributed by atoms with E-state index in [4.69, 9.17) is 0 Å². The highest BCUT2D eigenvalue weighted by Gasteiger charge is 2.25. The van der Waals surface area contributed by atoms with Gasteiger partial charge < -0.3 is 5.32 Å². The van der Waals surface area contributed by atoms with Crippen LogP contribution in [-0.4, -0.2) is 6.54 Å². The molecule has 0 radical (unpaired) electrons. The van der Waals surface area contributed by atoms with Crippen LogP contribution in [0.2, 0.25) is 0 Å². The molecule has 0 spiro atoms. The van der Waals surface area contributed by atoms with Gasteiger partial charge in [0, 0.05) is 9.35 Å². The van der Waals surface area contributed by atoms with Crippen molar-refractivity contribution in [3.8, 4) is 0 Å². The zero-order valence-electron chi connectivity index (χ0n) is 13.2. The van der Waals surface area contributed by atoms with Gasteiger partial charge in [0.1, 0.15) is 0 Å². The highest BCUT2D eigenvalue weighted by molar-refractivity contribution is 9.10. The summed E-state index contributed by atoms with van der Waals surface area (Å²) in [6, 6.07) is 11.2. The third kappa shape index (κ3) is 3.97. The summed E-state index contributed by atoms with van der Waals surface area (Å²) in [6.45, 7) is 10.1. The Morgan fingerprint density at radius 2 is 1.90 bits per heavy atom. The van der Waals surface area contributed by atoms with Gasteiger partial charge in [0.15, 0.2) is 0 Å². The van der Waals surface area contributed by atoms with Crippen LogP contribution in [0.5, 0.6) is 0 Å². The normalized spacial score (nSPS) is 13.4. The Labute approximate surface area is 140 Å². The van der Waals surface area contributed by atoms with Crippen molar-refractivity contribution in [2.24, 2.45) is 0 Å². The van der Waals surface area contributed by atoms with Gasteiger partial charge in [-0.25, -0.2) is 0 Å². The predicted molar refractivity (Wildman–Crippen MR) is 97.3 cm³/mol. The van der Waals surface area contributed by atoms with E-state index in [2.05, 4.69) is 84.7 Å². The first-order valence-electron chi connectivity index (χ1n) is 7.50. The second kappa shape index (κ2) is 7.08. The Bertz CT molecular complexity index is 583. The van der Waals surface area contributed by atoms with Crippen molar-refractivity contribution in [2.75, 3.05) is 6.54 Å². The van der Waals surface area contributed by atoms with Crippen LogP contribution in [0.1, 0.15) is 56.2 Å². The highest BCUT2D eigenvalue weighted by atomic mass is 79.9. The zero-order chi connectivity index (χ0) is 15.5. The van der Waals surface area contributed by atoms with Crippen LogP contribution in [0.25, 0.3) is 0 Å². The largest absolute Gasteiger partial charge is 0.306 e. The van der Waals surface area contributed by atoms with E-state index in [1.807, 2.05) is 11.3 Å². The topological polar surface area (TPSA) is 12.0 Å². The first-order valence-corrected chi connectivity index (χ1v) is 9.18. The second-order valence-corrected chi connectivity index (χ2v) is 8.16. The summed E-state index contributed by atoms with van der Waals surface area (Å²) in [7, 11) is 0. The summed E-state index contributed by atoms with van der Waals surface area (Å²) in [5, 5.41) is 5.87. The zero-order valence-corrected chi connectivity index (χ0v) is 15.6. The van der Waals surface area contributed by atoms with Crippen molar-refractivity contribution in [2.45, 2.75) is 45.6 Å². The molecule has 1 nitrogen and oxygen atoms in total. The average molecular weight is 366 g/mol. The molecule has 1 aromatic carbocycles. The molecule has 114 valence electrons. The number of thiophene rings is 1. The molecule has 0 amide bonds. The highest BCUT2D eigenvalue weighted by Crippen LogP contribution is 2.37. The number of nitrogens with one attached hydrogen (secondary N) is 1. The smallest absolute Gasteiger partial charge is 0.0685 e. The van der Waals surface area contributed by atoms with Gasteiger partial charge in [-0.3, -0.25) is 0 Å². The minimum Gasteiger partial charge on any atom is -0.306 e. The summed E-state index contributed by atoms with van der Waals surface area (Å²) >= 11 is 5.51. The van der Waals surface area contributed by atoms with Crippen molar-refractivity contribution in [1.82, 2.24) is 5.32 Å². The molecule has 3 heteroatoms. The van der Waals surface area contributed by atoms with Gasteiger partial charge >= 0.3 is 0 Å². The molecule has 0 fully saturated rings. The molecule has 0 saturated carbocycles. The number of hydrogen-bond donors (Lipinski definition) is 1. The first kappa shape index (κ1) is 16.7.